The summed E-state index contributed by atoms with van der Waals surface area (Å²) in [6, 6.07) is -0.201. The zero-order chi connectivity index (χ0) is 13.7. The summed E-state index contributed by atoms with van der Waals surface area (Å²) in [6.45, 7) is 3.08. The molecule has 0 aromatic carbocycles. The number of carbonyl (C=O) groups excluding carboxylic acids is 2. The average molecular weight is 322 g/mol. The summed E-state index contributed by atoms with van der Waals surface area (Å²) in [4.78, 5) is 28.3. The molecule has 0 saturated carbocycles. The van der Waals surface area contributed by atoms with Crippen LogP contribution in [0.15, 0.2) is 0 Å². The van der Waals surface area contributed by atoms with E-state index in [0.29, 0.717) is 13.0 Å². The van der Waals surface area contributed by atoms with E-state index in [0.717, 1.165) is 44.0 Å². The summed E-state index contributed by atoms with van der Waals surface area (Å²) < 4.78 is 0. The third-order valence-electron chi connectivity index (χ3n) is 3.77. The highest BCUT2D eigenvalue weighted by atomic mass is 35.5. The monoisotopic (exact) mass is 321 g/mol. The highest BCUT2D eigenvalue weighted by Gasteiger charge is 2.36. The van der Waals surface area contributed by atoms with Gasteiger partial charge in [-0.3, -0.25) is 9.59 Å². The van der Waals surface area contributed by atoms with Crippen molar-refractivity contribution >= 4 is 36.0 Å². The maximum absolute atomic E-state index is 12.5. The topological polar surface area (TPSA) is 52.7 Å². The van der Waals surface area contributed by atoms with Crippen molar-refractivity contribution in [1.82, 2.24) is 15.1 Å². The highest BCUT2D eigenvalue weighted by molar-refractivity contribution is 7.99. The van der Waals surface area contributed by atoms with Gasteiger partial charge in [0.2, 0.25) is 11.8 Å². The van der Waals surface area contributed by atoms with Crippen molar-refractivity contribution in [3.8, 4) is 0 Å². The van der Waals surface area contributed by atoms with Crippen LogP contribution in [0.5, 0.6) is 0 Å². The van der Waals surface area contributed by atoms with Gasteiger partial charge in [0.1, 0.15) is 6.04 Å². The number of likely N-dealkylation sites (tertiary alicyclic amines) is 1. The Kier molecular flexibility index (Phi) is 7.69. The molecule has 1 atom stereocenters. The normalized spacial score (nSPS) is 22.6. The number of hydrogen-bond donors (Lipinski definition) is 1. The minimum absolute atomic E-state index is 0. The summed E-state index contributed by atoms with van der Waals surface area (Å²) in [7, 11) is 1.84. The molecular formula is C13H24ClN3O2S. The van der Waals surface area contributed by atoms with E-state index >= 15 is 0 Å². The van der Waals surface area contributed by atoms with E-state index < -0.39 is 0 Å². The Morgan fingerprint density at radius 2 is 1.95 bits per heavy atom. The van der Waals surface area contributed by atoms with E-state index in [9.17, 15) is 9.59 Å². The molecule has 1 N–H and O–H groups in total. The molecule has 2 amide bonds. The Balaban J connectivity index is 0.00000200. The van der Waals surface area contributed by atoms with E-state index in [1.165, 1.54) is 0 Å². The molecule has 20 heavy (non-hydrogen) atoms. The Labute approximate surface area is 131 Å². The summed E-state index contributed by atoms with van der Waals surface area (Å²) in [5.41, 5.74) is 0. The molecule has 2 saturated heterocycles. The third kappa shape index (κ3) is 4.27. The van der Waals surface area contributed by atoms with Gasteiger partial charge in [-0.05, 0) is 19.9 Å². The fourth-order valence-corrected chi connectivity index (χ4v) is 3.60. The van der Waals surface area contributed by atoms with Gasteiger partial charge >= 0.3 is 0 Å². The second kappa shape index (κ2) is 8.74. The lowest BCUT2D eigenvalue weighted by molar-refractivity contribution is -0.143. The number of amides is 2. The van der Waals surface area contributed by atoms with Crippen LogP contribution in [-0.4, -0.2) is 72.4 Å². The zero-order valence-electron chi connectivity index (χ0n) is 12.0. The van der Waals surface area contributed by atoms with Crippen LogP contribution in [0.3, 0.4) is 0 Å². The lowest BCUT2D eigenvalue weighted by Crippen LogP contribution is -2.50. The zero-order valence-corrected chi connectivity index (χ0v) is 13.6. The molecule has 0 aromatic heterocycles. The SMILES string of the molecule is CNCCC(=O)N1CCCC1C(=O)N1CCSCC1.Cl. The van der Waals surface area contributed by atoms with Gasteiger partial charge in [0.05, 0.1) is 0 Å². The van der Waals surface area contributed by atoms with Crippen LogP contribution in [0.2, 0.25) is 0 Å². The molecule has 0 radical (unpaired) electrons. The standard InChI is InChI=1S/C13H23N3O2S.ClH/c1-14-5-4-12(17)16-6-2-3-11(16)13(18)15-7-9-19-10-8-15;/h11,14H,2-10H2,1H3;1H. The molecule has 0 aliphatic carbocycles. The highest BCUT2D eigenvalue weighted by Crippen LogP contribution is 2.21. The smallest absolute Gasteiger partial charge is 0.245 e. The first-order valence-electron chi connectivity index (χ1n) is 7.04. The Hall–Kier alpha value is -0.460. The number of thioether (sulfide) groups is 1. The van der Waals surface area contributed by atoms with Crippen LogP contribution in [0.1, 0.15) is 19.3 Å². The van der Waals surface area contributed by atoms with Crippen molar-refractivity contribution in [1.29, 1.82) is 0 Å². The van der Waals surface area contributed by atoms with E-state index in [-0.39, 0.29) is 30.3 Å². The quantitative estimate of drug-likeness (QED) is 0.823. The van der Waals surface area contributed by atoms with Crippen LogP contribution in [-0.2, 0) is 9.59 Å². The van der Waals surface area contributed by atoms with E-state index in [1.54, 1.807) is 4.90 Å². The van der Waals surface area contributed by atoms with Crippen LogP contribution in [0.4, 0.5) is 0 Å². The Morgan fingerprint density at radius 1 is 1.25 bits per heavy atom. The molecule has 2 aliphatic rings. The molecule has 0 aromatic rings. The fourth-order valence-electron chi connectivity index (χ4n) is 2.69. The van der Waals surface area contributed by atoms with Gasteiger partial charge in [-0.15, -0.1) is 12.4 Å². The van der Waals surface area contributed by atoms with Crippen LogP contribution < -0.4 is 5.32 Å². The minimum Gasteiger partial charge on any atom is -0.339 e. The van der Waals surface area contributed by atoms with Crippen molar-refractivity contribution in [3.63, 3.8) is 0 Å². The van der Waals surface area contributed by atoms with Gasteiger partial charge in [0.15, 0.2) is 0 Å². The predicted octanol–water partition coefficient (Wildman–Crippen LogP) is 0.584. The molecule has 2 heterocycles. The van der Waals surface area contributed by atoms with Crippen molar-refractivity contribution in [3.05, 3.63) is 0 Å². The average Bonchev–Trinajstić information content (AvgIpc) is 2.94. The van der Waals surface area contributed by atoms with E-state index in [2.05, 4.69) is 5.32 Å². The van der Waals surface area contributed by atoms with Gasteiger partial charge in [-0.2, -0.15) is 11.8 Å². The van der Waals surface area contributed by atoms with Gasteiger partial charge in [-0.1, -0.05) is 0 Å². The molecule has 2 aliphatic heterocycles. The molecular weight excluding hydrogens is 298 g/mol. The molecule has 5 nitrogen and oxygen atoms in total. The van der Waals surface area contributed by atoms with E-state index in [1.807, 2.05) is 23.7 Å². The van der Waals surface area contributed by atoms with Crippen molar-refractivity contribution < 1.29 is 9.59 Å². The number of carbonyl (C=O) groups is 2. The second-order valence-electron chi connectivity index (χ2n) is 5.04. The summed E-state index contributed by atoms with van der Waals surface area (Å²) in [6.07, 6.45) is 2.26. The van der Waals surface area contributed by atoms with Gasteiger partial charge < -0.3 is 15.1 Å². The number of rotatable bonds is 4. The summed E-state index contributed by atoms with van der Waals surface area (Å²) in [5, 5.41) is 2.98. The molecule has 116 valence electrons. The van der Waals surface area contributed by atoms with Crippen molar-refractivity contribution in [2.24, 2.45) is 0 Å². The second-order valence-corrected chi connectivity index (χ2v) is 6.26. The lowest BCUT2D eigenvalue weighted by Gasteiger charge is -2.32. The predicted molar refractivity (Wildman–Crippen MR) is 84.4 cm³/mol. The van der Waals surface area contributed by atoms with Crippen LogP contribution in [0.25, 0.3) is 0 Å². The maximum atomic E-state index is 12.5. The lowest BCUT2D eigenvalue weighted by atomic mass is 10.2. The van der Waals surface area contributed by atoms with Crippen molar-refractivity contribution in [2.75, 3.05) is 44.7 Å². The van der Waals surface area contributed by atoms with Crippen molar-refractivity contribution in [2.45, 2.75) is 25.3 Å². The Bertz CT molecular complexity index is 338. The molecule has 0 bridgehead atoms. The van der Waals surface area contributed by atoms with E-state index in [4.69, 9.17) is 0 Å². The first kappa shape index (κ1) is 17.6. The number of nitrogens with zero attached hydrogens (tertiary/aromatic N) is 2. The van der Waals surface area contributed by atoms with Gasteiger partial charge in [-0.25, -0.2) is 0 Å². The summed E-state index contributed by atoms with van der Waals surface area (Å²) >= 11 is 1.89. The van der Waals surface area contributed by atoms with Crippen LogP contribution in [0, 0.1) is 0 Å². The molecule has 7 heteroatoms. The third-order valence-corrected chi connectivity index (χ3v) is 4.71. The minimum atomic E-state index is -0.201. The number of nitrogens with one attached hydrogen (secondary N) is 1. The summed E-state index contributed by atoms with van der Waals surface area (Å²) in [5.74, 6) is 2.31. The first-order valence-corrected chi connectivity index (χ1v) is 8.20. The fraction of sp³-hybridized carbons (Fsp3) is 0.846. The molecule has 2 fully saturated rings. The van der Waals surface area contributed by atoms with Gasteiger partial charge in [0.25, 0.3) is 0 Å². The number of hydrogen-bond acceptors (Lipinski definition) is 4. The molecule has 2 rings (SSSR count). The molecule has 0 spiro atoms. The Morgan fingerprint density at radius 3 is 2.60 bits per heavy atom. The maximum Gasteiger partial charge on any atom is 0.245 e. The largest absolute Gasteiger partial charge is 0.339 e. The van der Waals surface area contributed by atoms with Gasteiger partial charge in [0, 0.05) is 44.1 Å². The first-order chi connectivity index (χ1) is 9.24. The number of halogens is 1. The van der Waals surface area contributed by atoms with Crippen LogP contribution >= 0.6 is 24.2 Å². The molecule has 1 unspecified atom stereocenters.